The third-order valence-corrected chi connectivity index (χ3v) is 3.13. The molecule has 0 aliphatic carbocycles. The Morgan fingerprint density at radius 1 is 1.56 bits per heavy atom. The zero-order valence-electron chi connectivity index (χ0n) is 9.62. The van der Waals surface area contributed by atoms with Gasteiger partial charge in [0.25, 0.3) is 0 Å². The number of nitrogens with one attached hydrogen (secondary N) is 1. The zero-order valence-corrected chi connectivity index (χ0v) is 11.2. The molecule has 1 unspecified atom stereocenters. The number of hydrogen-bond acceptors (Lipinski definition) is 3. The lowest BCUT2D eigenvalue weighted by Crippen LogP contribution is -2.39. The molecule has 0 saturated carbocycles. The second-order valence-electron chi connectivity index (χ2n) is 4.09. The molecule has 5 heteroatoms. The fraction of sp³-hybridized carbons (Fsp3) is 0.455. The molecule has 1 heterocycles. The van der Waals surface area contributed by atoms with Crippen LogP contribution in [-0.2, 0) is 4.79 Å². The number of aromatic nitrogens is 1. The molecule has 1 amide bonds. The van der Waals surface area contributed by atoms with E-state index in [1.54, 1.807) is 6.20 Å². The van der Waals surface area contributed by atoms with Gasteiger partial charge in [-0.15, -0.1) is 0 Å². The molecule has 0 spiro atoms. The predicted molar refractivity (Wildman–Crippen MR) is 68.1 cm³/mol. The van der Waals surface area contributed by atoms with Gasteiger partial charge in [0.15, 0.2) is 0 Å². The number of aryl methyl sites for hydroxylation is 1. The Hall–Kier alpha value is -0.940. The van der Waals surface area contributed by atoms with Crippen LogP contribution >= 0.6 is 15.9 Å². The summed E-state index contributed by atoms with van der Waals surface area (Å²) < 4.78 is 0.777. The Balaban J connectivity index is 2.74. The first-order valence-electron chi connectivity index (χ1n) is 5.10. The second-order valence-corrected chi connectivity index (χ2v) is 4.84. The number of hydrogen-bond donors (Lipinski definition) is 2. The standard InChI is InChI=1S/C11H16BrN3O/c1-6(2)9(13)11(16)15-8-4-7(3)10(12)14-5-8/h4-6,9H,13H2,1-3H3,(H,15,16). The quantitative estimate of drug-likeness (QED) is 0.836. The van der Waals surface area contributed by atoms with E-state index in [2.05, 4.69) is 26.2 Å². The molecule has 16 heavy (non-hydrogen) atoms. The van der Waals surface area contributed by atoms with Crippen molar-refractivity contribution in [2.75, 3.05) is 5.32 Å². The Morgan fingerprint density at radius 2 is 2.19 bits per heavy atom. The average molecular weight is 286 g/mol. The summed E-state index contributed by atoms with van der Waals surface area (Å²) in [6, 6.07) is 1.35. The van der Waals surface area contributed by atoms with E-state index in [1.807, 2.05) is 26.8 Å². The number of halogens is 1. The van der Waals surface area contributed by atoms with Gasteiger partial charge >= 0.3 is 0 Å². The summed E-state index contributed by atoms with van der Waals surface area (Å²) in [4.78, 5) is 15.8. The third-order valence-electron chi connectivity index (χ3n) is 2.30. The first kappa shape index (κ1) is 13.1. The second kappa shape index (κ2) is 5.41. The maximum Gasteiger partial charge on any atom is 0.241 e. The molecule has 3 N–H and O–H groups in total. The van der Waals surface area contributed by atoms with Crippen LogP contribution in [0.25, 0.3) is 0 Å². The number of anilines is 1. The Labute approximate surface area is 104 Å². The van der Waals surface area contributed by atoms with Crippen molar-refractivity contribution < 1.29 is 4.79 Å². The highest BCUT2D eigenvalue weighted by Gasteiger charge is 2.17. The summed E-state index contributed by atoms with van der Waals surface area (Å²) in [6.45, 7) is 5.74. The highest BCUT2D eigenvalue weighted by Crippen LogP contribution is 2.17. The molecule has 0 aromatic carbocycles. The van der Waals surface area contributed by atoms with Crippen LogP contribution in [0.1, 0.15) is 19.4 Å². The van der Waals surface area contributed by atoms with Crippen LogP contribution in [-0.4, -0.2) is 16.9 Å². The van der Waals surface area contributed by atoms with Crippen LogP contribution in [0.5, 0.6) is 0 Å². The van der Waals surface area contributed by atoms with Gasteiger partial charge in [-0.25, -0.2) is 4.98 Å². The molecule has 1 aromatic heterocycles. The van der Waals surface area contributed by atoms with Gasteiger partial charge in [0, 0.05) is 0 Å². The summed E-state index contributed by atoms with van der Waals surface area (Å²) in [7, 11) is 0. The van der Waals surface area contributed by atoms with E-state index in [1.165, 1.54) is 0 Å². The Morgan fingerprint density at radius 3 is 2.69 bits per heavy atom. The first-order valence-corrected chi connectivity index (χ1v) is 5.89. The van der Waals surface area contributed by atoms with E-state index in [0.29, 0.717) is 5.69 Å². The van der Waals surface area contributed by atoms with Crippen LogP contribution in [0.2, 0.25) is 0 Å². The zero-order chi connectivity index (χ0) is 12.3. The lowest BCUT2D eigenvalue weighted by molar-refractivity contribution is -0.118. The van der Waals surface area contributed by atoms with E-state index in [9.17, 15) is 4.79 Å². The van der Waals surface area contributed by atoms with Gasteiger partial charge in [0.1, 0.15) is 4.60 Å². The predicted octanol–water partition coefficient (Wildman–Crippen LogP) is 2.07. The van der Waals surface area contributed by atoms with Gasteiger partial charge < -0.3 is 11.1 Å². The van der Waals surface area contributed by atoms with Gasteiger partial charge in [-0.1, -0.05) is 13.8 Å². The lowest BCUT2D eigenvalue weighted by Gasteiger charge is -2.15. The molecule has 4 nitrogen and oxygen atoms in total. The molecule has 0 radical (unpaired) electrons. The number of pyridine rings is 1. The van der Waals surface area contributed by atoms with Gasteiger partial charge in [-0.2, -0.15) is 0 Å². The highest BCUT2D eigenvalue weighted by molar-refractivity contribution is 9.10. The first-order chi connectivity index (χ1) is 7.41. The van der Waals surface area contributed by atoms with E-state index >= 15 is 0 Å². The van der Waals surface area contributed by atoms with Crippen molar-refractivity contribution in [3.8, 4) is 0 Å². The summed E-state index contributed by atoms with van der Waals surface area (Å²) in [5.41, 5.74) is 7.37. The Bertz CT molecular complexity index is 393. The molecule has 0 saturated heterocycles. The topological polar surface area (TPSA) is 68.0 Å². The number of nitrogens with zero attached hydrogens (tertiary/aromatic N) is 1. The van der Waals surface area contributed by atoms with Crippen LogP contribution < -0.4 is 11.1 Å². The monoisotopic (exact) mass is 285 g/mol. The highest BCUT2D eigenvalue weighted by atomic mass is 79.9. The minimum absolute atomic E-state index is 0.115. The minimum Gasteiger partial charge on any atom is -0.323 e. The van der Waals surface area contributed by atoms with Crippen molar-refractivity contribution in [2.45, 2.75) is 26.8 Å². The molecule has 0 aliphatic heterocycles. The summed E-state index contributed by atoms with van der Waals surface area (Å²) >= 11 is 3.30. The maximum atomic E-state index is 11.7. The number of nitrogens with two attached hydrogens (primary N) is 1. The molecular formula is C11H16BrN3O. The van der Waals surface area contributed by atoms with Crippen molar-refractivity contribution >= 4 is 27.5 Å². The Kier molecular flexibility index (Phi) is 4.44. The van der Waals surface area contributed by atoms with Crippen molar-refractivity contribution in [1.82, 2.24) is 4.98 Å². The van der Waals surface area contributed by atoms with Crippen molar-refractivity contribution in [1.29, 1.82) is 0 Å². The number of amides is 1. The van der Waals surface area contributed by atoms with Crippen molar-refractivity contribution in [3.63, 3.8) is 0 Å². The van der Waals surface area contributed by atoms with Gasteiger partial charge in [-0.3, -0.25) is 4.79 Å². The number of carbonyl (C=O) groups is 1. The van der Waals surface area contributed by atoms with Gasteiger partial charge in [-0.05, 0) is 40.4 Å². The van der Waals surface area contributed by atoms with E-state index in [-0.39, 0.29) is 11.8 Å². The smallest absolute Gasteiger partial charge is 0.241 e. The molecule has 0 aliphatic rings. The molecule has 1 atom stereocenters. The third kappa shape index (κ3) is 3.28. The van der Waals surface area contributed by atoms with Crippen LogP contribution in [0, 0.1) is 12.8 Å². The van der Waals surface area contributed by atoms with E-state index < -0.39 is 6.04 Å². The molecule has 0 fully saturated rings. The van der Waals surface area contributed by atoms with Crippen LogP contribution in [0.3, 0.4) is 0 Å². The van der Waals surface area contributed by atoms with E-state index in [4.69, 9.17) is 5.73 Å². The molecule has 1 rings (SSSR count). The number of carbonyl (C=O) groups excluding carboxylic acids is 1. The minimum atomic E-state index is -0.496. The van der Waals surface area contributed by atoms with Gasteiger partial charge in [0.2, 0.25) is 5.91 Å². The molecule has 0 bridgehead atoms. The maximum absolute atomic E-state index is 11.7. The molecule has 88 valence electrons. The molecule has 1 aromatic rings. The summed E-state index contributed by atoms with van der Waals surface area (Å²) in [5.74, 6) is -0.0666. The van der Waals surface area contributed by atoms with Crippen molar-refractivity contribution in [3.05, 3.63) is 22.4 Å². The fourth-order valence-corrected chi connectivity index (χ4v) is 1.37. The summed E-state index contributed by atoms with van der Waals surface area (Å²) in [5, 5.41) is 2.74. The van der Waals surface area contributed by atoms with Crippen molar-refractivity contribution in [2.24, 2.45) is 11.7 Å². The lowest BCUT2D eigenvalue weighted by atomic mass is 10.1. The largest absolute Gasteiger partial charge is 0.323 e. The average Bonchev–Trinajstić information content (AvgIpc) is 2.22. The van der Waals surface area contributed by atoms with E-state index in [0.717, 1.165) is 10.2 Å². The van der Waals surface area contributed by atoms with Gasteiger partial charge in [0.05, 0.1) is 17.9 Å². The SMILES string of the molecule is Cc1cc(NC(=O)C(N)C(C)C)cnc1Br. The normalized spacial score (nSPS) is 12.6. The summed E-state index contributed by atoms with van der Waals surface area (Å²) in [6.07, 6.45) is 1.60. The van der Waals surface area contributed by atoms with Crippen LogP contribution in [0.4, 0.5) is 5.69 Å². The molecular weight excluding hydrogens is 270 g/mol. The fourth-order valence-electron chi connectivity index (χ4n) is 1.15. The van der Waals surface area contributed by atoms with Crippen LogP contribution in [0.15, 0.2) is 16.9 Å². The number of rotatable bonds is 3.